The topological polar surface area (TPSA) is 70.9 Å². The fraction of sp³-hybridized carbons (Fsp3) is 0.588. The van der Waals surface area contributed by atoms with Gasteiger partial charge in [-0.05, 0) is 30.7 Å². The molecule has 0 spiro atoms. The Hall–Kier alpha value is -1.15. The van der Waals surface area contributed by atoms with Gasteiger partial charge in [-0.1, -0.05) is 31.4 Å². The summed E-state index contributed by atoms with van der Waals surface area (Å²) in [5, 5.41) is 3.45. The first kappa shape index (κ1) is 20.2. The standard InChI is InChI=1S/C17H26ClN3O3S/c1-2-3-4-9-19-17(22)14-20-10-12-21(13-11-20)25(23,24)16-7-5-15(18)6-8-16/h5-8H,2-4,9-14H2,1H3,(H,19,22)/p+1. The molecule has 0 atom stereocenters. The van der Waals surface area contributed by atoms with Crippen LogP contribution in [0.25, 0.3) is 0 Å². The third-order valence-electron chi connectivity index (χ3n) is 4.39. The van der Waals surface area contributed by atoms with E-state index in [1.807, 2.05) is 0 Å². The predicted molar refractivity (Wildman–Crippen MR) is 98.3 cm³/mol. The number of sulfonamides is 1. The van der Waals surface area contributed by atoms with Gasteiger partial charge in [0.1, 0.15) is 0 Å². The van der Waals surface area contributed by atoms with Crippen LogP contribution in [0, 0.1) is 0 Å². The number of carbonyl (C=O) groups is 1. The minimum atomic E-state index is -3.49. The second-order valence-corrected chi connectivity index (χ2v) is 8.72. The summed E-state index contributed by atoms with van der Waals surface area (Å²) in [6.07, 6.45) is 3.25. The van der Waals surface area contributed by atoms with Gasteiger partial charge in [0.25, 0.3) is 5.91 Å². The molecule has 1 aliphatic rings. The van der Waals surface area contributed by atoms with Gasteiger partial charge in [-0.3, -0.25) is 4.79 Å². The summed E-state index contributed by atoms with van der Waals surface area (Å²) in [6, 6.07) is 6.22. The van der Waals surface area contributed by atoms with Gasteiger partial charge in [0.05, 0.1) is 31.1 Å². The first-order valence-electron chi connectivity index (χ1n) is 8.79. The molecule has 2 rings (SSSR count). The van der Waals surface area contributed by atoms with Gasteiger partial charge in [0, 0.05) is 11.6 Å². The van der Waals surface area contributed by atoms with Gasteiger partial charge >= 0.3 is 0 Å². The molecule has 0 unspecified atom stereocenters. The lowest BCUT2D eigenvalue weighted by Gasteiger charge is -2.31. The van der Waals surface area contributed by atoms with Crippen molar-refractivity contribution in [1.29, 1.82) is 0 Å². The summed E-state index contributed by atoms with van der Waals surface area (Å²) in [5.74, 6) is 0.0418. The molecular formula is C17H27ClN3O3S+. The first-order chi connectivity index (χ1) is 11.9. The fourth-order valence-electron chi connectivity index (χ4n) is 2.87. The summed E-state index contributed by atoms with van der Waals surface area (Å²) < 4.78 is 26.7. The third-order valence-corrected chi connectivity index (χ3v) is 6.56. The Labute approximate surface area is 155 Å². The summed E-state index contributed by atoms with van der Waals surface area (Å²) in [5.41, 5.74) is 0. The molecule has 1 aliphatic heterocycles. The molecule has 1 heterocycles. The normalized spacial score (nSPS) is 16.7. The van der Waals surface area contributed by atoms with Crippen LogP contribution in [-0.4, -0.2) is 57.9 Å². The van der Waals surface area contributed by atoms with E-state index in [0.29, 0.717) is 37.7 Å². The number of quaternary nitrogens is 1. The van der Waals surface area contributed by atoms with E-state index in [9.17, 15) is 13.2 Å². The van der Waals surface area contributed by atoms with Gasteiger partial charge in [0.2, 0.25) is 10.0 Å². The van der Waals surface area contributed by atoms with E-state index < -0.39 is 10.0 Å². The number of nitrogens with zero attached hydrogens (tertiary/aromatic N) is 1. The molecule has 1 aromatic carbocycles. The van der Waals surface area contributed by atoms with E-state index in [-0.39, 0.29) is 10.8 Å². The Bertz CT molecular complexity index is 656. The Morgan fingerprint density at radius 1 is 1.20 bits per heavy atom. The number of halogens is 1. The Balaban J connectivity index is 1.81. The number of rotatable bonds is 8. The minimum absolute atomic E-state index is 0.0418. The van der Waals surface area contributed by atoms with Gasteiger partial charge in [0.15, 0.2) is 6.54 Å². The number of hydrogen-bond acceptors (Lipinski definition) is 3. The quantitative estimate of drug-likeness (QED) is 0.638. The lowest BCUT2D eigenvalue weighted by atomic mass is 10.2. The molecule has 0 aromatic heterocycles. The maximum Gasteiger partial charge on any atom is 0.275 e. The molecule has 25 heavy (non-hydrogen) atoms. The van der Waals surface area contributed by atoms with Crippen LogP contribution in [0.3, 0.4) is 0 Å². The van der Waals surface area contributed by atoms with Crippen molar-refractivity contribution in [2.75, 3.05) is 39.3 Å². The Kier molecular flexibility index (Phi) is 7.68. The molecule has 1 saturated heterocycles. The van der Waals surface area contributed by atoms with Crippen molar-refractivity contribution in [3.8, 4) is 0 Å². The van der Waals surface area contributed by atoms with Crippen LogP contribution in [0.1, 0.15) is 26.2 Å². The average molecular weight is 389 g/mol. The molecule has 0 aliphatic carbocycles. The van der Waals surface area contributed by atoms with Crippen LogP contribution in [0.15, 0.2) is 29.2 Å². The smallest absolute Gasteiger partial charge is 0.275 e. The lowest BCUT2D eigenvalue weighted by Crippen LogP contribution is -3.15. The monoisotopic (exact) mass is 388 g/mol. The zero-order valence-electron chi connectivity index (χ0n) is 14.6. The van der Waals surface area contributed by atoms with Gasteiger partial charge < -0.3 is 10.2 Å². The molecule has 140 valence electrons. The van der Waals surface area contributed by atoms with Crippen molar-refractivity contribution < 1.29 is 18.1 Å². The lowest BCUT2D eigenvalue weighted by molar-refractivity contribution is -0.895. The van der Waals surface area contributed by atoms with E-state index in [0.717, 1.165) is 30.7 Å². The summed E-state index contributed by atoms with van der Waals surface area (Å²) in [6.45, 7) is 5.36. The highest BCUT2D eigenvalue weighted by molar-refractivity contribution is 7.89. The zero-order chi connectivity index (χ0) is 18.3. The second kappa shape index (κ2) is 9.52. The maximum absolute atomic E-state index is 12.6. The zero-order valence-corrected chi connectivity index (χ0v) is 16.2. The summed E-state index contributed by atoms with van der Waals surface area (Å²) >= 11 is 5.82. The van der Waals surface area contributed by atoms with Gasteiger partial charge in [-0.2, -0.15) is 4.31 Å². The number of benzene rings is 1. The van der Waals surface area contributed by atoms with Crippen LogP contribution in [0.5, 0.6) is 0 Å². The molecule has 1 aromatic rings. The predicted octanol–water partition coefficient (Wildman–Crippen LogP) is 0.536. The van der Waals surface area contributed by atoms with Crippen LogP contribution < -0.4 is 10.2 Å². The molecule has 2 N–H and O–H groups in total. The van der Waals surface area contributed by atoms with Crippen LogP contribution >= 0.6 is 11.6 Å². The minimum Gasteiger partial charge on any atom is -0.351 e. The van der Waals surface area contributed by atoms with E-state index in [1.54, 1.807) is 12.1 Å². The summed E-state index contributed by atoms with van der Waals surface area (Å²) in [7, 11) is -3.49. The van der Waals surface area contributed by atoms with E-state index in [2.05, 4.69) is 12.2 Å². The van der Waals surface area contributed by atoms with Crippen LogP contribution in [0.2, 0.25) is 5.02 Å². The SMILES string of the molecule is CCCCCNC(=O)C[NH+]1CCN(S(=O)(=O)c2ccc(Cl)cc2)CC1. The number of piperazine rings is 1. The van der Waals surface area contributed by atoms with Crippen molar-refractivity contribution in [3.63, 3.8) is 0 Å². The van der Waals surface area contributed by atoms with Gasteiger partial charge in [-0.25, -0.2) is 8.42 Å². The molecule has 0 saturated carbocycles. The number of carbonyl (C=O) groups excluding carboxylic acids is 1. The summed E-state index contributed by atoms with van der Waals surface area (Å²) in [4.78, 5) is 13.3. The molecule has 1 fully saturated rings. The maximum atomic E-state index is 12.6. The number of unbranched alkanes of at least 4 members (excludes halogenated alkanes) is 2. The van der Waals surface area contributed by atoms with E-state index in [1.165, 1.54) is 16.4 Å². The van der Waals surface area contributed by atoms with Crippen molar-refractivity contribution >= 4 is 27.5 Å². The highest BCUT2D eigenvalue weighted by Gasteiger charge is 2.30. The number of hydrogen-bond donors (Lipinski definition) is 2. The Morgan fingerprint density at radius 3 is 2.44 bits per heavy atom. The average Bonchev–Trinajstić information content (AvgIpc) is 2.60. The first-order valence-corrected chi connectivity index (χ1v) is 10.6. The third kappa shape index (κ3) is 5.95. The molecule has 8 heteroatoms. The van der Waals surface area contributed by atoms with Crippen LogP contribution in [-0.2, 0) is 14.8 Å². The molecule has 0 radical (unpaired) electrons. The second-order valence-electron chi connectivity index (χ2n) is 6.34. The van der Waals surface area contributed by atoms with Gasteiger partial charge in [-0.15, -0.1) is 0 Å². The number of nitrogens with one attached hydrogen (secondary N) is 2. The highest BCUT2D eigenvalue weighted by Crippen LogP contribution is 2.18. The van der Waals surface area contributed by atoms with Crippen molar-refractivity contribution in [3.05, 3.63) is 29.3 Å². The Morgan fingerprint density at radius 2 is 1.84 bits per heavy atom. The largest absolute Gasteiger partial charge is 0.351 e. The molecule has 6 nitrogen and oxygen atoms in total. The number of amides is 1. The fourth-order valence-corrected chi connectivity index (χ4v) is 4.44. The molecule has 0 bridgehead atoms. The molecular weight excluding hydrogens is 362 g/mol. The van der Waals surface area contributed by atoms with Crippen LogP contribution in [0.4, 0.5) is 0 Å². The van der Waals surface area contributed by atoms with Crippen molar-refractivity contribution in [2.45, 2.75) is 31.1 Å². The molecule has 1 amide bonds. The van der Waals surface area contributed by atoms with Crippen molar-refractivity contribution in [2.24, 2.45) is 0 Å². The highest BCUT2D eigenvalue weighted by atomic mass is 35.5. The van der Waals surface area contributed by atoms with E-state index in [4.69, 9.17) is 11.6 Å². The van der Waals surface area contributed by atoms with E-state index >= 15 is 0 Å². The van der Waals surface area contributed by atoms with Crippen molar-refractivity contribution in [1.82, 2.24) is 9.62 Å².